The van der Waals surface area contributed by atoms with Gasteiger partial charge < -0.3 is 4.74 Å². The van der Waals surface area contributed by atoms with Crippen LogP contribution in [0.2, 0.25) is 0 Å². The SMILES string of the molecule is CS(=O)(=O)N1CCCC1C(=O)N(CC1CCCO1)c1nc2c(F)cccc2s1. The van der Waals surface area contributed by atoms with Crippen LogP contribution in [0.15, 0.2) is 18.2 Å². The topological polar surface area (TPSA) is 79.8 Å². The van der Waals surface area contributed by atoms with E-state index < -0.39 is 21.9 Å². The van der Waals surface area contributed by atoms with Crippen LogP contribution in [0.4, 0.5) is 9.52 Å². The lowest BCUT2D eigenvalue weighted by Crippen LogP contribution is -2.49. The van der Waals surface area contributed by atoms with Crippen molar-refractivity contribution in [1.29, 1.82) is 0 Å². The molecule has 2 unspecified atom stereocenters. The van der Waals surface area contributed by atoms with Crippen molar-refractivity contribution in [1.82, 2.24) is 9.29 Å². The molecule has 1 aromatic heterocycles. The van der Waals surface area contributed by atoms with Gasteiger partial charge in [0.15, 0.2) is 5.13 Å². The molecule has 2 saturated heterocycles. The molecular formula is C18H22FN3O4S2. The normalized spacial score (nSPS) is 23.5. The fourth-order valence-electron chi connectivity index (χ4n) is 3.84. The number of nitrogens with zero attached hydrogens (tertiary/aromatic N) is 3. The maximum absolute atomic E-state index is 14.1. The van der Waals surface area contributed by atoms with Gasteiger partial charge in [0.2, 0.25) is 15.9 Å². The first-order valence-corrected chi connectivity index (χ1v) is 12.0. The van der Waals surface area contributed by atoms with E-state index >= 15 is 0 Å². The summed E-state index contributed by atoms with van der Waals surface area (Å²) in [7, 11) is -3.49. The minimum atomic E-state index is -3.49. The molecule has 0 bridgehead atoms. The summed E-state index contributed by atoms with van der Waals surface area (Å²) in [6.45, 7) is 1.26. The molecule has 0 aliphatic carbocycles. The summed E-state index contributed by atoms with van der Waals surface area (Å²) in [6, 6.07) is 3.94. The highest BCUT2D eigenvalue weighted by atomic mass is 32.2. The van der Waals surface area contributed by atoms with E-state index in [0.717, 1.165) is 19.1 Å². The zero-order valence-corrected chi connectivity index (χ0v) is 17.1. The molecule has 0 spiro atoms. The van der Waals surface area contributed by atoms with Gasteiger partial charge in [-0.3, -0.25) is 9.69 Å². The molecule has 4 rings (SSSR count). The summed E-state index contributed by atoms with van der Waals surface area (Å²) in [6.07, 6.45) is 3.83. The lowest BCUT2D eigenvalue weighted by Gasteiger charge is -2.29. The summed E-state index contributed by atoms with van der Waals surface area (Å²) in [5.74, 6) is -0.763. The molecule has 2 aliphatic rings. The Kier molecular flexibility index (Phi) is 5.38. The van der Waals surface area contributed by atoms with Crippen LogP contribution >= 0.6 is 11.3 Å². The quantitative estimate of drug-likeness (QED) is 0.732. The van der Waals surface area contributed by atoms with Crippen molar-refractivity contribution in [2.24, 2.45) is 0 Å². The van der Waals surface area contributed by atoms with Gasteiger partial charge >= 0.3 is 0 Å². The molecule has 0 saturated carbocycles. The van der Waals surface area contributed by atoms with Crippen LogP contribution < -0.4 is 4.90 Å². The number of aromatic nitrogens is 1. The lowest BCUT2D eigenvalue weighted by atomic mass is 10.2. The molecule has 10 heteroatoms. The molecule has 152 valence electrons. The number of benzene rings is 1. The fraction of sp³-hybridized carbons (Fsp3) is 0.556. The molecule has 0 radical (unpaired) electrons. The van der Waals surface area contributed by atoms with E-state index in [1.165, 1.54) is 26.6 Å². The van der Waals surface area contributed by atoms with Crippen LogP contribution in [0.3, 0.4) is 0 Å². The predicted octanol–water partition coefficient (Wildman–Crippen LogP) is 2.37. The Balaban J connectivity index is 1.70. The number of halogens is 1. The van der Waals surface area contributed by atoms with Crippen LogP contribution in [0.25, 0.3) is 10.2 Å². The van der Waals surface area contributed by atoms with E-state index in [1.54, 1.807) is 12.1 Å². The van der Waals surface area contributed by atoms with E-state index in [-0.39, 0.29) is 24.1 Å². The van der Waals surface area contributed by atoms with Gasteiger partial charge in [0, 0.05) is 13.2 Å². The second kappa shape index (κ2) is 7.66. The van der Waals surface area contributed by atoms with Crippen LogP contribution in [0, 0.1) is 5.82 Å². The Morgan fingerprint density at radius 2 is 2.21 bits per heavy atom. The van der Waals surface area contributed by atoms with Gasteiger partial charge in [-0.15, -0.1) is 0 Å². The molecule has 2 atom stereocenters. The molecule has 28 heavy (non-hydrogen) atoms. The molecule has 7 nitrogen and oxygen atoms in total. The van der Waals surface area contributed by atoms with Crippen molar-refractivity contribution in [2.75, 3.05) is 30.9 Å². The van der Waals surface area contributed by atoms with E-state index in [2.05, 4.69) is 4.98 Å². The van der Waals surface area contributed by atoms with E-state index in [0.29, 0.717) is 35.8 Å². The first-order chi connectivity index (χ1) is 13.3. The second-order valence-electron chi connectivity index (χ2n) is 7.20. The van der Waals surface area contributed by atoms with Gasteiger partial charge in [-0.25, -0.2) is 17.8 Å². The number of amides is 1. The summed E-state index contributed by atoms with van der Waals surface area (Å²) in [5.41, 5.74) is 0.221. The van der Waals surface area contributed by atoms with E-state index in [1.807, 2.05) is 0 Å². The molecule has 3 heterocycles. The Bertz CT molecular complexity index is 988. The number of carbonyl (C=O) groups excluding carboxylic acids is 1. The van der Waals surface area contributed by atoms with Crippen LogP contribution in [-0.4, -0.2) is 61.7 Å². The largest absolute Gasteiger partial charge is 0.376 e. The van der Waals surface area contributed by atoms with Crippen LogP contribution in [0.5, 0.6) is 0 Å². The number of hydrogen-bond acceptors (Lipinski definition) is 6. The van der Waals surface area contributed by atoms with Gasteiger partial charge in [-0.1, -0.05) is 17.4 Å². The number of carbonyl (C=O) groups is 1. The van der Waals surface area contributed by atoms with Crippen molar-refractivity contribution in [3.05, 3.63) is 24.0 Å². The number of thiazole rings is 1. The monoisotopic (exact) mass is 427 g/mol. The summed E-state index contributed by atoms with van der Waals surface area (Å²) in [5, 5.41) is 0.376. The fourth-order valence-corrected chi connectivity index (χ4v) is 5.95. The standard InChI is InChI=1S/C18H22FN3O4S2/c1-28(24,25)22-9-3-7-14(22)17(23)21(11-12-5-4-10-26-12)18-20-16-13(19)6-2-8-15(16)27-18/h2,6,8,12,14H,3-5,7,9-11H2,1H3. The molecule has 1 amide bonds. The van der Waals surface area contributed by atoms with E-state index in [9.17, 15) is 17.6 Å². The maximum atomic E-state index is 14.1. The Morgan fingerprint density at radius 1 is 1.39 bits per heavy atom. The number of rotatable bonds is 5. The molecule has 0 N–H and O–H groups in total. The minimum Gasteiger partial charge on any atom is -0.376 e. The maximum Gasteiger partial charge on any atom is 0.247 e. The van der Waals surface area contributed by atoms with Crippen molar-refractivity contribution >= 4 is 42.6 Å². The second-order valence-corrected chi connectivity index (χ2v) is 10.1. The van der Waals surface area contributed by atoms with Gasteiger partial charge in [-0.2, -0.15) is 4.31 Å². The molecule has 2 fully saturated rings. The van der Waals surface area contributed by atoms with Crippen molar-refractivity contribution in [2.45, 2.75) is 37.8 Å². The van der Waals surface area contributed by atoms with Crippen molar-refractivity contribution in [3.63, 3.8) is 0 Å². The van der Waals surface area contributed by atoms with Gasteiger partial charge in [0.25, 0.3) is 0 Å². The number of para-hydroxylation sites is 1. The van der Waals surface area contributed by atoms with Crippen molar-refractivity contribution in [3.8, 4) is 0 Å². The highest BCUT2D eigenvalue weighted by molar-refractivity contribution is 7.88. The summed E-state index contributed by atoms with van der Waals surface area (Å²) in [4.78, 5) is 19.2. The van der Waals surface area contributed by atoms with Crippen LogP contribution in [0.1, 0.15) is 25.7 Å². The van der Waals surface area contributed by atoms with Crippen molar-refractivity contribution < 1.29 is 22.3 Å². The summed E-state index contributed by atoms with van der Waals surface area (Å²) < 4.78 is 45.9. The average molecular weight is 428 g/mol. The predicted molar refractivity (Wildman–Crippen MR) is 105 cm³/mol. The minimum absolute atomic E-state index is 0.131. The Morgan fingerprint density at radius 3 is 2.89 bits per heavy atom. The highest BCUT2D eigenvalue weighted by Gasteiger charge is 2.40. The van der Waals surface area contributed by atoms with Gasteiger partial charge in [0.1, 0.15) is 17.4 Å². The number of sulfonamides is 1. The molecule has 1 aromatic carbocycles. The number of hydrogen-bond donors (Lipinski definition) is 0. The molecular weight excluding hydrogens is 405 g/mol. The Labute approximate surface area is 167 Å². The zero-order valence-electron chi connectivity index (χ0n) is 15.5. The Hall–Kier alpha value is -1.62. The summed E-state index contributed by atoms with van der Waals surface area (Å²) >= 11 is 1.23. The third-order valence-corrected chi connectivity index (χ3v) is 7.51. The average Bonchev–Trinajstić information content (AvgIpc) is 3.37. The zero-order chi connectivity index (χ0) is 19.9. The van der Waals surface area contributed by atoms with Gasteiger partial charge in [-0.05, 0) is 37.8 Å². The first-order valence-electron chi connectivity index (χ1n) is 9.29. The lowest BCUT2D eigenvalue weighted by molar-refractivity contribution is -0.122. The van der Waals surface area contributed by atoms with Gasteiger partial charge in [0.05, 0.1) is 23.6 Å². The third-order valence-electron chi connectivity index (χ3n) is 5.18. The molecule has 2 aromatic rings. The number of anilines is 1. The number of fused-ring (bicyclic) bond motifs is 1. The smallest absolute Gasteiger partial charge is 0.247 e. The van der Waals surface area contributed by atoms with E-state index in [4.69, 9.17) is 4.74 Å². The first kappa shape index (κ1) is 19.7. The molecule has 2 aliphatic heterocycles. The third kappa shape index (κ3) is 3.78. The number of ether oxygens (including phenoxy) is 1. The van der Waals surface area contributed by atoms with Crippen LogP contribution in [-0.2, 0) is 19.6 Å². The highest BCUT2D eigenvalue weighted by Crippen LogP contribution is 2.33.